The fourth-order valence-corrected chi connectivity index (χ4v) is 4.19. The van der Waals surface area contributed by atoms with Gasteiger partial charge in [0.05, 0.1) is 11.5 Å². The van der Waals surface area contributed by atoms with E-state index in [4.69, 9.17) is 13.9 Å². The normalized spacial score (nSPS) is 14.6. The summed E-state index contributed by atoms with van der Waals surface area (Å²) in [6.07, 6.45) is 5.03. The van der Waals surface area contributed by atoms with Crippen LogP contribution in [-0.2, 0) is 4.79 Å². The molecule has 0 aliphatic heterocycles. The van der Waals surface area contributed by atoms with E-state index in [9.17, 15) is 9.59 Å². The van der Waals surface area contributed by atoms with E-state index in [1.165, 1.54) is 6.42 Å². The first kappa shape index (κ1) is 19.4. The van der Waals surface area contributed by atoms with E-state index in [2.05, 4.69) is 0 Å². The highest BCUT2D eigenvalue weighted by Gasteiger charge is 2.25. The molecule has 0 spiro atoms. The number of rotatable bonds is 4. The summed E-state index contributed by atoms with van der Waals surface area (Å²) in [5.41, 5.74) is 1.38. The second kappa shape index (κ2) is 8.26. The van der Waals surface area contributed by atoms with Gasteiger partial charge in [0.2, 0.25) is 0 Å². The Morgan fingerprint density at radius 3 is 1.97 bits per heavy atom. The van der Waals surface area contributed by atoms with Crippen LogP contribution in [0.5, 0.6) is 11.5 Å². The number of hydrogen-bond donors (Lipinski definition) is 0. The number of furan rings is 1. The lowest BCUT2D eigenvalue weighted by atomic mass is 9.89. The number of fused-ring (bicyclic) bond motifs is 3. The standard InChI is InChI=1S/C26H22O5/c27-25(17-9-3-1-4-10-17)29-21-15-7-13-19-20-14-8-16-22(24(20)31-23(19)21)30-26(28)18-11-5-2-6-12-18/h1,3-4,7-10,13-16,18H,2,5-6,11-12H2. The quantitative estimate of drug-likeness (QED) is 0.290. The summed E-state index contributed by atoms with van der Waals surface area (Å²) < 4.78 is 17.5. The van der Waals surface area contributed by atoms with Gasteiger partial charge in [0.25, 0.3) is 0 Å². The molecular weight excluding hydrogens is 392 g/mol. The molecule has 0 radical (unpaired) electrons. The Balaban J connectivity index is 1.49. The van der Waals surface area contributed by atoms with Crippen molar-refractivity contribution >= 4 is 33.9 Å². The van der Waals surface area contributed by atoms with Crippen molar-refractivity contribution in [2.75, 3.05) is 0 Å². The molecule has 0 unspecified atom stereocenters. The van der Waals surface area contributed by atoms with Crippen molar-refractivity contribution in [1.82, 2.24) is 0 Å². The zero-order valence-electron chi connectivity index (χ0n) is 17.0. The topological polar surface area (TPSA) is 65.7 Å². The minimum Gasteiger partial charge on any atom is -0.448 e. The summed E-state index contributed by atoms with van der Waals surface area (Å²) in [5.74, 6) is -0.00613. The molecule has 3 aromatic carbocycles. The van der Waals surface area contributed by atoms with Crippen molar-refractivity contribution in [1.29, 1.82) is 0 Å². The van der Waals surface area contributed by atoms with Crippen LogP contribution in [-0.4, -0.2) is 11.9 Å². The van der Waals surface area contributed by atoms with Gasteiger partial charge in [-0.1, -0.05) is 61.7 Å². The van der Waals surface area contributed by atoms with Crippen LogP contribution in [0.3, 0.4) is 0 Å². The molecular formula is C26H22O5. The Kier molecular flexibility index (Phi) is 5.16. The van der Waals surface area contributed by atoms with Gasteiger partial charge in [-0.25, -0.2) is 4.79 Å². The maximum atomic E-state index is 12.7. The largest absolute Gasteiger partial charge is 0.448 e. The first-order valence-electron chi connectivity index (χ1n) is 10.6. The molecule has 0 saturated heterocycles. The number of carbonyl (C=O) groups is 2. The van der Waals surface area contributed by atoms with Crippen LogP contribution in [0.4, 0.5) is 0 Å². The Morgan fingerprint density at radius 1 is 0.710 bits per heavy atom. The molecule has 5 heteroatoms. The van der Waals surface area contributed by atoms with E-state index < -0.39 is 5.97 Å². The van der Waals surface area contributed by atoms with Crippen LogP contribution >= 0.6 is 0 Å². The third kappa shape index (κ3) is 3.79. The molecule has 5 rings (SSSR count). The van der Waals surface area contributed by atoms with Crippen LogP contribution in [0.1, 0.15) is 42.5 Å². The molecule has 0 bridgehead atoms. The van der Waals surface area contributed by atoms with Gasteiger partial charge in [0.15, 0.2) is 22.7 Å². The van der Waals surface area contributed by atoms with Crippen LogP contribution in [0.25, 0.3) is 21.9 Å². The van der Waals surface area contributed by atoms with Gasteiger partial charge in [-0.2, -0.15) is 0 Å². The molecule has 4 aromatic rings. The molecule has 1 aliphatic carbocycles. The second-order valence-electron chi connectivity index (χ2n) is 7.88. The van der Waals surface area contributed by atoms with Crippen molar-refractivity contribution in [2.24, 2.45) is 5.92 Å². The van der Waals surface area contributed by atoms with Crippen molar-refractivity contribution in [3.05, 3.63) is 72.3 Å². The third-order valence-corrected chi connectivity index (χ3v) is 5.81. The van der Waals surface area contributed by atoms with Crippen molar-refractivity contribution in [3.63, 3.8) is 0 Å². The van der Waals surface area contributed by atoms with E-state index >= 15 is 0 Å². The average molecular weight is 414 g/mol. The van der Waals surface area contributed by atoms with Gasteiger partial charge in [0.1, 0.15) is 0 Å². The minimum absolute atomic E-state index is 0.0595. The highest BCUT2D eigenvalue weighted by molar-refractivity contribution is 6.09. The van der Waals surface area contributed by atoms with Gasteiger partial charge in [-0.15, -0.1) is 0 Å². The average Bonchev–Trinajstić information content (AvgIpc) is 3.21. The first-order chi connectivity index (χ1) is 15.2. The third-order valence-electron chi connectivity index (χ3n) is 5.81. The first-order valence-corrected chi connectivity index (χ1v) is 10.6. The van der Waals surface area contributed by atoms with E-state index in [0.29, 0.717) is 28.2 Å². The van der Waals surface area contributed by atoms with Crippen molar-refractivity contribution < 1.29 is 23.5 Å². The van der Waals surface area contributed by atoms with Gasteiger partial charge < -0.3 is 13.9 Å². The number of carbonyl (C=O) groups excluding carboxylic acids is 2. The zero-order chi connectivity index (χ0) is 21.2. The molecule has 5 nitrogen and oxygen atoms in total. The SMILES string of the molecule is O=C(Oc1cccc2c1oc1c(OC(=O)C3CCCCC3)cccc12)c1ccccc1. The number of esters is 2. The summed E-state index contributed by atoms with van der Waals surface area (Å²) in [7, 11) is 0. The highest BCUT2D eigenvalue weighted by Crippen LogP contribution is 2.39. The predicted octanol–water partition coefficient (Wildman–Crippen LogP) is 6.29. The fourth-order valence-electron chi connectivity index (χ4n) is 4.19. The molecule has 1 fully saturated rings. The summed E-state index contributed by atoms with van der Waals surface area (Å²) >= 11 is 0. The zero-order valence-corrected chi connectivity index (χ0v) is 17.0. The molecule has 156 valence electrons. The Bertz CT molecular complexity index is 1250. The van der Waals surface area contributed by atoms with Crippen LogP contribution < -0.4 is 9.47 Å². The van der Waals surface area contributed by atoms with Crippen LogP contribution in [0.15, 0.2) is 71.1 Å². The van der Waals surface area contributed by atoms with Gasteiger partial charge in [-0.3, -0.25) is 4.79 Å². The molecule has 0 atom stereocenters. The summed E-state index contributed by atoms with van der Waals surface area (Å²) in [6.45, 7) is 0. The Morgan fingerprint density at radius 2 is 1.32 bits per heavy atom. The monoisotopic (exact) mass is 414 g/mol. The summed E-state index contributed by atoms with van der Waals surface area (Å²) in [5, 5.41) is 1.60. The molecule has 0 N–H and O–H groups in total. The van der Waals surface area contributed by atoms with Gasteiger partial charge in [0, 0.05) is 10.8 Å². The Hall–Kier alpha value is -3.60. The van der Waals surface area contributed by atoms with E-state index in [1.807, 2.05) is 30.3 Å². The predicted molar refractivity (Wildman–Crippen MR) is 117 cm³/mol. The Labute approximate surface area is 179 Å². The smallest absolute Gasteiger partial charge is 0.343 e. The lowest BCUT2D eigenvalue weighted by Gasteiger charge is -2.19. The van der Waals surface area contributed by atoms with Crippen molar-refractivity contribution in [2.45, 2.75) is 32.1 Å². The summed E-state index contributed by atoms with van der Waals surface area (Å²) in [6, 6.07) is 19.7. The maximum Gasteiger partial charge on any atom is 0.343 e. The second-order valence-corrected chi connectivity index (χ2v) is 7.88. The van der Waals surface area contributed by atoms with E-state index in [-0.39, 0.29) is 11.9 Å². The molecule has 1 aromatic heterocycles. The molecule has 1 aliphatic rings. The van der Waals surface area contributed by atoms with E-state index in [0.717, 1.165) is 36.5 Å². The highest BCUT2D eigenvalue weighted by atomic mass is 16.6. The molecule has 1 saturated carbocycles. The van der Waals surface area contributed by atoms with Crippen molar-refractivity contribution in [3.8, 4) is 11.5 Å². The van der Waals surface area contributed by atoms with Gasteiger partial charge in [-0.05, 0) is 37.1 Å². The number of hydrogen-bond acceptors (Lipinski definition) is 5. The lowest BCUT2D eigenvalue weighted by molar-refractivity contribution is -0.139. The van der Waals surface area contributed by atoms with Gasteiger partial charge >= 0.3 is 11.9 Å². The summed E-state index contributed by atoms with van der Waals surface area (Å²) in [4.78, 5) is 25.2. The van der Waals surface area contributed by atoms with Crippen LogP contribution in [0, 0.1) is 5.92 Å². The molecule has 0 amide bonds. The lowest BCUT2D eigenvalue weighted by Crippen LogP contribution is -2.22. The van der Waals surface area contributed by atoms with E-state index in [1.54, 1.807) is 36.4 Å². The maximum absolute atomic E-state index is 12.7. The number of ether oxygens (including phenoxy) is 2. The minimum atomic E-state index is -0.461. The molecule has 1 heterocycles. The number of para-hydroxylation sites is 2. The molecule has 31 heavy (non-hydrogen) atoms. The fraction of sp³-hybridized carbons (Fsp3) is 0.231. The van der Waals surface area contributed by atoms with Crippen LogP contribution in [0.2, 0.25) is 0 Å². The number of benzene rings is 3.